The highest BCUT2D eigenvalue weighted by atomic mass is 35.5. The van der Waals surface area contributed by atoms with Crippen LogP contribution >= 0.6 is 23.4 Å². The minimum atomic E-state index is 0.451. The number of aromatic nitrogens is 2. The van der Waals surface area contributed by atoms with E-state index in [-0.39, 0.29) is 0 Å². The Morgan fingerprint density at radius 2 is 2.14 bits per heavy atom. The third kappa shape index (κ3) is 1.63. The Morgan fingerprint density at radius 3 is 2.86 bits per heavy atom. The normalized spacial score (nSPS) is 10.7. The van der Waals surface area contributed by atoms with Crippen molar-refractivity contribution in [1.29, 1.82) is 0 Å². The fourth-order valence-electron chi connectivity index (χ4n) is 1.18. The van der Waals surface area contributed by atoms with Crippen LogP contribution in [0, 0.1) is 0 Å². The number of fused-ring (bicyclic) bond motifs is 1. The Labute approximate surface area is 90.7 Å². The third-order valence-electron chi connectivity index (χ3n) is 1.84. The first-order valence-corrected chi connectivity index (χ1v) is 5.58. The lowest BCUT2D eigenvalue weighted by atomic mass is 10.2. The van der Waals surface area contributed by atoms with E-state index in [1.54, 1.807) is 12.1 Å². The lowest BCUT2D eigenvalue weighted by Crippen LogP contribution is -1.91. The number of nitrogen functional groups attached to an aromatic ring is 1. The Hall–Kier alpha value is -1.00. The molecular formula is C9H8ClN3S. The predicted octanol–water partition coefficient (Wildman–Crippen LogP) is 2.59. The smallest absolute Gasteiger partial charge is 0.189 e. The van der Waals surface area contributed by atoms with E-state index in [0.29, 0.717) is 16.0 Å². The van der Waals surface area contributed by atoms with Crippen LogP contribution in [-0.4, -0.2) is 16.2 Å². The zero-order chi connectivity index (χ0) is 10.1. The van der Waals surface area contributed by atoms with Crippen LogP contribution in [0.25, 0.3) is 10.9 Å². The molecule has 3 nitrogen and oxygen atoms in total. The van der Waals surface area contributed by atoms with E-state index in [1.807, 2.05) is 12.3 Å². The van der Waals surface area contributed by atoms with Crippen LogP contribution in [-0.2, 0) is 0 Å². The Bertz CT molecular complexity index is 487. The van der Waals surface area contributed by atoms with Crippen molar-refractivity contribution < 1.29 is 0 Å². The summed E-state index contributed by atoms with van der Waals surface area (Å²) in [5.41, 5.74) is 7.13. The van der Waals surface area contributed by atoms with Gasteiger partial charge < -0.3 is 5.73 Å². The van der Waals surface area contributed by atoms with E-state index in [2.05, 4.69) is 9.97 Å². The molecule has 0 spiro atoms. The summed E-state index contributed by atoms with van der Waals surface area (Å²) in [6, 6.07) is 5.43. The quantitative estimate of drug-likeness (QED) is 0.351. The molecule has 0 aliphatic carbocycles. The number of nitrogens with zero attached hydrogens (tertiary/aromatic N) is 2. The molecular weight excluding hydrogens is 218 g/mol. The third-order valence-corrected chi connectivity index (χ3v) is 2.67. The van der Waals surface area contributed by atoms with Crippen molar-refractivity contribution in [2.24, 2.45) is 0 Å². The van der Waals surface area contributed by atoms with E-state index in [4.69, 9.17) is 17.3 Å². The van der Waals surface area contributed by atoms with Crippen molar-refractivity contribution in [1.82, 2.24) is 9.97 Å². The molecule has 0 unspecified atom stereocenters. The van der Waals surface area contributed by atoms with Crippen LogP contribution in [0.3, 0.4) is 0 Å². The molecule has 1 aromatic heterocycles. The molecule has 0 aliphatic heterocycles. The van der Waals surface area contributed by atoms with Gasteiger partial charge in [0.05, 0.1) is 5.52 Å². The number of hydrogen-bond acceptors (Lipinski definition) is 4. The van der Waals surface area contributed by atoms with Crippen molar-refractivity contribution in [2.75, 3.05) is 12.0 Å². The van der Waals surface area contributed by atoms with E-state index >= 15 is 0 Å². The molecule has 0 saturated heterocycles. The largest absolute Gasteiger partial charge is 0.399 e. The first-order chi connectivity index (χ1) is 6.70. The highest BCUT2D eigenvalue weighted by Gasteiger charge is 2.04. The van der Waals surface area contributed by atoms with Crippen molar-refractivity contribution in [2.45, 2.75) is 5.16 Å². The van der Waals surface area contributed by atoms with Gasteiger partial charge in [0.15, 0.2) is 5.16 Å². The van der Waals surface area contributed by atoms with Crippen molar-refractivity contribution in [3.8, 4) is 0 Å². The second-order valence-corrected chi connectivity index (χ2v) is 3.91. The van der Waals surface area contributed by atoms with Crippen LogP contribution in [0.5, 0.6) is 0 Å². The van der Waals surface area contributed by atoms with Gasteiger partial charge >= 0.3 is 0 Å². The number of benzene rings is 1. The SMILES string of the molecule is CSc1nc(Cl)c2cc(N)ccc2n1. The minimum Gasteiger partial charge on any atom is -0.399 e. The highest BCUT2D eigenvalue weighted by Crippen LogP contribution is 2.24. The fraction of sp³-hybridized carbons (Fsp3) is 0.111. The molecule has 2 aromatic rings. The maximum absolute atomic E-state index is 5.99. The van der Waals surface area contributed by atoms with E-state index in [0.717, 1.165) is 10.9 Å². The summed E-state index contributed by atoms with van der Waals surface area (Å²) >= 11 is 7.46. The Kier molecular flexibility index (Phi) is 2.48. The van der Waals surface area contributed by atoms with E-state index in [1.165, 1.54) is 11.8 Å². The molecule has 0 radical (unpaired) electrons. The highest BCUT2D eigenvalue weighted by molar-refractivity contribution is 7.98. The molecule has 1 heterocycles. The first kappa shape index (κ1) is 9.55. The van der Waals surface area contributed by atoms with Crippen LogP contribution < -0.4 is 5.73 Å². The van der Waals surface area contributed by atoms with E-state index < -0.39 is 0 Å². The molecule has 0 fully saturated rings. The average molecular weight is 226 g/mol. The average Bonchev–Trinajstić information content (AvgIpc) is 2.19. The summed E-state index contributed by atoms with van der Waals surface area (Å²) in [5.74, 6) is 0. The lowest BCUT2D eigenvalue weighted by molar-refractivity contribution is 1.01. The van der Waals surface area contributed by atoms with Crippen LogP contribution in [0.2, 0.25) is 5.15 Å². The fourth-order valence-corrected chi connectivity index (χ4v) is 1.83. The summed E-state index contributed by atoms with van der Waals surface area (Å²) in [4.78, 5) is 8.43. The number of nitrogens with two attached hydrogens (primary N) is 1. The lowest BCUT2D eigenvalue weighted by Gasteiger charge is -2.02. The minimum absolute atomic E-state index is 0.451. The van der Waals surface area contributed by atoms with Crippen LogP contribution in [0.4, 0.5) is 5.69 Å². The summed E-state index contributed by atoms with van der Waals surface area (Å²) in [7, 11) is 0. The van der Waals surface area contributed by atoms with Gasteiger partial charge in [-0.15, -0.1) is 0 Å². The molecule has 14 heavy (non-hydrogen) atoms. The number of thioether (sulfide) groups is 1. The van der Waals surface area contributed by atoms with Crippen molar-refractivity contribution in [3.63, 3.8) is 0 Å². The number of hydrogen-bond donors (Lipinski definition) is 1. The Morgan fingerprint density at radius 1 is 1.36 bits per heavy atom. The second-order valence-electron chi connectivity index (χ2n) is 2.78. The Balaban J connectivity index is 2.76. The molecule has 5 heteroatoms. The first-order valence-electron chi connectivity index (χ1n) is 3.97. The molecule has 0 bridgehead atoms. The molecule has 0 aliphatic rings. The van der Waals surface area contributed by atoms with Gasteiger partial charge in [0.2, 0.25) is 0 Å². The summed E-state index contributed by atoms with van der Waals surface area (Å²) in [5, 5.41) is 1.92. The van der Waals surface area contributed by atoms with Gasteiger partial charge in [0, 0.05) is 11.1 Å². The summed E-state index contributed by atoms with van der Waals surface area (Å²) in [6.07, 6.45) is 1.91. The number of rotatable bonds is 1. The van der Waals surface area contributed by atoms with Gasteiger partial charge in [0.1, 0.15) is 5.15 Å². The summed E-state index contributed by atoms with van der Waals surface area (Å²) < 4.78 is 0. The standard InChI is InChI=1S/C9H8ClN3S/c1-14-9-12-7-3-2-5(11)4-6(7)8(10)13-9/h2-4H,11H2,1H3. The zero-order valence-electron chi connectivity index (χ0n) is 7.49. The molecule has 2 rings (SSSR count). The van der Waals surface area contributed by atoms with Gasteiger partial charge in [-0.2, -0.15) is 0 Å². The van der Waals surface area contributed by atoms with Gasteiger partial charge in [-0.1, -0.05) is 23.4 Å². The monoisotopic (exact) mass is 225 g/mol. The maximum Gasteiger partial charge on any atom is 0.189 e. The van der Waals surface area contributed by atoms with Gasteiger partial charge in [-0.25, -0.2) is 9.97 Å². The maximum atomic E-state index is 5.99. The predicted molar refractivity (Wildman–Crippen MR) is 60.7 cm³/mol. The summed E-state index contributed by atoms with van der Waals surface area (Å²) in [6.45, 7) is 0. The van der Waals surface area contributed by atoms with E-state index in [9.17, 15) is 0 Å². The zero-order valence-corrected chi connectivity index (χ0v) is 9.06. The van der Waals surface area contributed by atoms with Crippen LogP contribution in [0.1, 0.15) is 0 Å². The van der Waals surface area contributed by atoms with Crippen molar-refractivity contribution >= 4 is 40.0 Å². The van der Waals surface area contributed by atoms with Crippen molar-refractivity contribution in [3.05, 3.63) is 23.4 Å². The number of anilines is 1. The topological polar surface area (TPSA) is 51.8 Å². The van der Waals surface area contributed by atoms with Gasteiger partial charge in [-0.05, 0) is 24.5 Å². The molecule has 72 valence electrons. The van der Waals surface area contributed by atoms with Gasteiger partial charge in [-0.3, -0.25) is 0 Å². The molecule has 0 amide bonds. The molecule has 0 atom stereocenters. The molecule has 2 N–H and O–H groups in total. The molecule has 0 saturated carbocycles. The number of halogens is 1. The van der Waals surface area contributed by atoms with Gasteiger partial charge in [0.25, 0.3) is 0 Å². The van der Waals surface area contributed by atoms with Crippen LogP contribution in [0.15, 0.2) is 23.4 Å². The second kappa shape index (κ2) is 3.63. The molecule has 1 aromatic carbocycles.